The van der Waals surface area contributed by atoms with E-state index in [9.17, 15) is 17.2 Å². The highest BCUT2D eigenvalue weighted by atomic mass is 32.2. The molecule has 0 amide bonds. The van der Waals surface area contributed by atoms with Crippen LogP contribution in [-0.2, 0) is 16.6 Å². The fourth-order valence-electron chi connectivity index (χ4n) is 2.47. The Hall–Kier alpha value is -1.05. The first kappa shape index (κ1) is 16.3. The summed E-state index contributed by atoms with van der Waals surface area (Å²) in [6.07, 6.45) is 3.04. The van der Waals surface area contributed by atoms with Crippen LogP contribution in [0.5, 0.6) is 0 Å². The van der Waals surface area contributed by atoms with Crippen LogP contribution in [0.2, 0.25) is 0 Å². The molecule has 118 valence electrons. The maximum atomic E-state index is 14.3. The number of sulfonamides is 1. The lowest BCUT2D eigenvalue weighted by Crippen LogP contribution is -2.41. The first-order chi connectivity index (χ1) is 9.86. The highest BCUT2D eigenvalue weighted by Crippen LogP contribution is 2.30. The van der Waals surface area contributed by atoms with Crippen LogP contribution in [0.25, 0.3) is 0 Å². The SMILES string of the molecule is CNCc1c(F)ccc(S(=O)(=O)NC(C)C2CCC2)c1F. The van der Waals surface area contributed by atoms with Gasteiger partial charge in [-0.25, -0.2) is 21.9 Å². The van der Waals surface area contributed by atoms with E-state index in [1.54, 1.807) is 6.92 Å². The van der Waals surface area contributed by atoms with Crippen molar-refractivity contribution in [2.45, 2.75) is 43.7 Å². The lowest BCUT2D eigenvalue weighted by molar-refractivity contribution is 0.260. The fraction of sp³-hybridized carbons (Fsp3) is 0.571. The maximum Gasteiger partial charge on any atom is 0.243 e. The molecule has 0 saturated heterocycles. The summed E-state index contributed by atoms with van der Waals surface area (Å²) in [5, 5.41) is 2.63. The molecular formula is C14H20F2N2O2S. The standard InChI is InChI=1S/C14H20F2N2O2S/c1-9(10-4-3-5-10)18-21(19,20)13-7-6-12(15)11(8-17-2)14(13)16/h6-7,9-10,17-18H,3-5,8H2,1-2H3. The molecule has 7 heteroatoms. The Bertz CT molecular complexity index is 616. The number of halogens is 2. The summed E-state index contributed by atoms with van der Waals surface area (Å²) in [5.41, 5.74) is -0.267. The Kier molecular flexibility index (Phi) is 4.95. The Morgan fingerprint density at radius 3 is 2.52 bits per heavy atom. The summed E-state index contributed by atoms with van der Waals surface area (Å²) in [4.78, 5) is -0.500. The number of hydrogen-bond donors (Lipinski definition) is 2. The molecule has 1 saturated carbocycles. The Balaban J connectivity index is 2.29. The quantitative estimate of drug-likeness (QED) is 0.845. The van der Waals surface area contributed by atoms with Gasteiger partial charge in [0.1, 0.15) is 10.7 Å². The highest BCUT2D eigenvalue weighted by Gasteiger charge is 2.30. The average Bonchev–Trinajstić information content (AvgIpc) is 2.30. The second-order valence-corrected chi connectivity index (χ2v) is 7.15. The fourth-order valence-corrected chi connectivity index (χ4v) is 3.88. The zero-order chi connectivity index (χ0) is 15.6. The minimum Gasteiger partial charge on any atom is -0.315 e. The van der Waals surface area contributed by atoms with Gasteiger partial charge in [-0.15, -0.1) is 0 Å². The summed E-state index contributed by atoms with van der Waals surface area (Å²) in [6.45, 7) is 1.70. The molecule has 0 aliphatic heterocycles. The number of benzene rings is 1. The number of nitrogens with one attached hydrogen (secondary N) is 2. The summed E-state index contributed by atoms with van der Waals surface area (Å²) in [5.74, 6) is -1.49. The van der Waals surface area contributed by atoms with Gasteiger partial charge in [-0.1, -0.05) is 6.42 Å². The van der Waals surface area contributed by atoms with E-state index in [0.717, 1.165) is 31.4 Å². The third kappa shape index (κ3) is 3.41. The zero-order valence-corrected chi connectivity index (χ0v) is 12.9. The molecule has 1 unspecified atom stereocenters. The molecule has 0 radical (unpaired) electrons. The van der Waals surface area contributed by atoms with Crippen LogP contribution >= 0.6 is 0 Å². The van der Waals surface area contributed by atoms with E-state index in [-0.39, 0.29) is 18.2 Å². The van der Waals surface area contributed by atoms with Crippen molar-refractivity contribution in [1.29, 1.82) is 0 Å². The van der Waals surface area contributed by atoms with E-state index >= 15 is 0 Å². The molecule has 2 rings (SSSR count). The zero-order valence-electron chi connectivity index (χ0n) is 12.1. The summed E-state index contributed by atoms with van der Waals surface area (Å²) in [6, 6.07) is 1.71. The molecule has 1 aromatic rings. The topological polar surface area (TPSA) is 58.2 Å². The van der Waals surface area contributed by atoms with Crippen LogP contribution in [0, 0.1) is 17.6 Å². The molecule has 21 heavy (non-hydrogen) atoms. The van der Waals surface area contributed by atoms with Crippen molar-refractivity contribution in [2.75, 3.05) is 7.05 Å². The monoisotopic (exact) mass is 318 g/mol. The minimum absolute atomic E-state index is 0.0702. The van der Waals surface area contributed by atoms with Gasteiger partial charge >= 0.3 is 0 Å². The molecule has 2 N–H and O–H groups in total. The Labute approximate surface area is 124 Å². The highest BCUT2D eigenvalue weighted by molar-refractivity contribution is 7.89. The molecule has 4 nitrogen and oxygen atoms in total. The third-order valence-electron chi connectivity index (χ3n) is 3.99. The van der Waals surface area contributed by atoms with Gasteiger partial charge in [0.05, 0.1) is 0 Å². The van der Waals surface area contributed by atoms with E-state index in [0.29, 0.717) is 5.92 Å². The van der Waals surface area contributed by atoms with Gasteiger partial charge in [0, 0.05) is 18.2 Å². The van der Waals surface area contributed by atoms with Gasteiger partial charge in [0.25, 0.3) is 0 Å². The molecule has 1 aromatic carbocycles. The van der Waals surface area contributed by atoms with Crippen molar-refractivity contribution >= 4 is 10.0 Å². The molecule has 1 atom stereocenters. The maximum absolute atomic E-state index is 14.3. The number of hydrogen-bond acceptors (Lipinski definition) is 3. The second kappa shape index (κ2) is 6.37. The van der Waals surface area contributed by atoms with Crippen molar-refractivity contribution in [3.05, 3.63) is 29.3 Å². The molecule has 0 bridgehead atoms. The van der Waals surface area contributed by atoms with Crippen LogP contribution in [0.1, 0.15) is 31.7 Å². The molecule has 1 aliphatic carbocycles. The van der Waals surface area contributed by atoms with Crippen LogP contribution in [0.4, 0.5) is 8.78 Å². The van der Waals surface area contributed by atoms with Gasteiger partial charge in [-0.05, 0) is 44.9 Å². The lowest BCUT2D eigenvalue weighted by Gasteiger charge is -2.31. The van der Waals surface area contributed by atoms with Gasteiger partial charge in [-0.2, -0.15) is 0 Å². The second-order valence-electron chi connectivity index (χ2n) is 5.47. The first-order valence-corrected chi connectivity index (χ1v) is 8.49. The minimum atomic E-state index is -3.99. The average molecular weight is 318 g/mol. The van der Waals surface area contributed by atoms with E-state index in [4.69, 9.17) is 0 Å². The van der Waals surface area contributed by atoms with Crippen LogP contribution < -0.4 is 10.0 Å². The van der Waals surface area contributed by atoms with Gasteiger partial charge in [-0.3, -0.25) is 0 Å². The van der Waals surface area contributed by atoms with E-state index in [1.165, 1.54) is 7.05 Å². The summed E-state index contributed by atoms with van der Waals surface area (Å²) < 4.78 is 54.9. The normalized spacial score (nSPS) is 17.5. The van der Waals surface area contributed by atoms with Crippen molar-refractivity contribution in [1.82, 2.24) is 10.0 Å². The van der Waals surface area contributed by atoms with Crippen molar-refractivity contribution < 1.29 is 17.2 Å². The first-order valence-electron chi connectivity index (χ1n) is 7.00. The van der Waals surface area contributed by atoms with Crippen molar-refractivity contribution in [3.63, 3.8) is 0 Å². The predicted molar refractivity (Wildman–Crippen MR) is 76.2 cm³/mol. The van der Waals surface area contributed by atoms with Crippen molar-refractivity contribution in [2.24, 2.45) is 5.92 Å². The molecule has 1 aliphatic rings. The molecule has 0 aromatic heterocycles. The van der Waals surface area contributed by atoms with E-state index in [1.807, 2.05) is 0 Å². The molecule has 0 spiro atoms. The molecule has 1 fully saturated rings. The van der Waals surface area contributed by atoms with E-state index in [2.05, 4.69) is 10.0 Å². The van der Waals surface area contributed by atoms with Gasteiger partial charge < -0.3 is 5.32 Å². The van der Waals surface area contributed by atoms with Gasteiger partial charge in [0.2, 0.25) is 10.0 Å². The summed E-state index contributed by atoms with van der Waals surface area (Å²) in [7, 11) is -2.45. The molecular weight excluding hydrogens is 298 g/mol. The van der Waals surface area contributed by atoms with Crippen LogP contribution in [-0.4, -0.2) is 21.5 Å². The Morgan fingerprint density at radius 2 is 2.00 bits per heavy atom. The largest absolute Gasteiger partial charge is 0.315 e. The third-order valence-corrected chi connectivity index (χ3v) is 5.57. The van der Waals surface area contributed by atoms with Crippen LogP contribution in [0.15, 0.2) is 17.0 Å². The Morgan fingerprint density at radius 1 is 1.33 bits per heavy atom. The van der Waals surface area contributed by atoms with Crippen molar-refractivity contribution in [3.8, 4) is 0 Å². The predicted octanol–water partition coefficient (Wildman–Crippen LogP) is 2.15. The van der Waals surface area contributed by atoms with Gasteiger partial charge in [0.15, 0.2) is 5.82 Å². The van der Waals surface area contributed by atoms with E-state index < -0.39 is 26.6 Å². The lowest BCUT2D eigenvalue weighted by atomic mass is 9.81. The number of rotatable bonds is 6. The smallest absolute Gasteiger partial charge is 0.243 e. The molecule has 0 heterocycles. The van der Waals surface area contributed by atoms with Crippen LogP contribution in [0.3, 0.4) is 0 Å². The summed E-state index contributed by atoms with van der Waals surface area (Å²) >= 11 is 0.